The molecule has 10 aromatic carbocycles. The van der Waals surface area contributed by atoms with E-state index in [0.717, 1.165) is 55.8 Å². The Morgan fingerprint density at radius 1 is 0.328 bits per heavy atom. The third-order valence-electron chi connectivity index (χ3n) is 12.9. The predicted octanol–water partition coefficient (Wildman–Crippen LogP) is 13.6. The van der Waals surface area contributed by atoms with Crippen molar-refractivity contribution in [2.45, 2.75) is 0 Å². The van der Waals surface area contributed by atoms with E-state index in [1.54, 1.807) is 0 Å². The van der Waals surface area contributed by atoms with E-state index in [-0.39, 0.29) is 0 Å². The van der Waals surface area contributed by atoms with Gasteiger partial charge in [0.1, 0.15) is 11.2 Å². The van der Waals surface area contributed by atoms with Crippen LogP contribution in [0, 0.1) is 0 Å². The Morgan fingerprint density at radius 2 is 0.812 bits per heavy atom. The van der Waals surface area contributed by atoms with E-state index in [2.05, 4.69) is 252 Å². The molecule has 0 fully saturated rings. The molecule has 0 amide bonds. The highest BCUT2D eigenvalue weighted by Gasteiger charge is 2.48. The molecule has 1 aliphatic rings. The van der Waals surface area contributed by atoms with Gasteiger partial charge in [0.05, 0.1) is 0 Å². The lowest BCUT2D eigenvalue weighted by atomic mass is 10.0. The first-order chi connectivity index (χ1) is 31.7. The van der Waals surface area contributed by atoms with Crippen molar-refractivity contribution in [1.29, 1.82) is 0 Å². The minimum absolute atomic E-state index is 0.866. The van der Waals surface area contributed by atoms with Crippen LogP contribution in [0.3, 0.4) is 0 Å². The summed E-state index contributed by atoms with van der Waals surface area (Å²) < 4.78 is 6.42. The lowest BCUT2D eigenvalue weighted by molar-refractivity contribution is 0.669. The molecule has 302 valence electrons. The highest BCUT2D eigenvalue weighted by atomic mass is 28.3. The lowest BCUT2D eigenvalue weighted by Gasteiger charge is -2.45. The Kier molecular flexibility index (Phi) is 9.17. The van der Waals surface area contributed by atoms with Gasteiger partial charge in [0.15, 0.2) is 8.07 Å². The third-order valence-corrected chi connectivity index (χ3v) is 17.8. The quantitative estimate of drug-likeness (QED) is 0.142. The first-order valence-corrected chi connectivity index (χ1v) is 23.9. The molecule has 0 aliphatic carbocycles. The molecular weight excluding hydrogens is 793 g/mol. The summed E-state index contributed by atoms with van der Waals surface area (Å²) >= 11 is 0. The van der Waals surface area contributed by atoms with Crippen LogP contribution in [-0.2, 0) is 0 Å². The Balaban J connectivity index is 1.01. The SMILES string of the molecule is c1ccc(-c2ccc(N(c3ccc(-c4ccc5c(c4)N(c4ccccc4)c4ccccc4[Si]5(c4ccccc4)c4ccccc4)cc3)c3ccc4c(c3)oc3ccccc34)cc2)cc1. The standard InChI is InChI=1S/C60H42N2OSi/c1-5-17-43(18-6-1)44-29-34-48(35-30-44)61(50-38-39-54-53-25-13-15-27-57(53)63-58(54)42-50)49-36-31-45(32-37-49)46-33-40-60-56(41-46)62(47-19-7-2-8-20-47)55-26-14-16-28-59(55)64(60,51-21-9-3-10-22-51)52-23-11-4-12-24-52/h1-42H. The summed E-state index contributed by atoms with van der Waals surface area (Å²) in [6.07, 6.45) is 0. The molecule has 0 bridgehead atoms. The largest absolute Gasteiger partial charge is 0.456 e. The summed E-state index contributed by atoms with van der Waals surface area (Å²) in [6, 6.07) is 92.8. The molecule has 4 heteroatoms. The average Bonchev–Trinajstić information content (AvgIpc) is 3.75. The fourth-order valence-electron chi connectivity index (χ4n) is 10.0. The summed E-state index contributed by atoms with van der Waals surface area (Å²) in [7, 11) is -2.79. The first kappa shape index (κ1) is 37.6. The van der Waals surface area contributed by atoms with Crippen LogP contribution in [0.1, 0.15) is 0 Å². The maximum atomic E-state index is 6.42. The fraction of sp³-hybridized carbons (Fsp3) is 0. The van der Waals surface area contributed by atoms with Crippen LogP contribution in [0.5, 0.6) is 0 Å². The van der Waals surface area contributed by atoms with Gasteiger partial charge in [0.25, 0.3) is 0 Å². The average molecular weight is 835 g/mol. The third kappa shape index (κ3) is 6.18. The molecule has 0 unspecified atom stereocenters. The molecule has 0 saturated carbocycles. The number of benzene rings is 10. The Bertz CT molecular complexity index is 3380. The predicted molar refractivity (Wildman–Crippen MR) is 271 cm³/mol. The number of hydrogen-bond acceptors (Lipinski definition) is 3. The number of anilines is 6. The van der Waals surface area contributed by atoms with Crippen LogP contribution < -0.4 is 30.5 Å². The van der Waals surface area contributed by atoms with Crippen LogP contribution in [0.25, 0.3) is 44.2 Å². The highest BCUT2D eigenvalue weighted by molar-refractivity contribution is 7.21. The zero-order valence-electron chi connectivity index (χ0n) is 35.1. The van der Waals surface area contributed by atoms with Gasteiger partial charge in [-0.3, -0.25) is 0 Å². The van der Waals surface area contributed by atoms with Gasteiger partial charge in [-0.25, -0.2) is 0 Å². The van der Waals surface area contributed by atoms with Crippen LogP contribution >= 0.6 is 0 Å². The summed E-state index contributed by atoms with van der Waals surface area (Å²) in [5.41, 5.74) is 13.2. The zero-order valence-corrected chi connectivity index (χ0v) is 36.1. The molecule has 1 aromatic heterocycles. The second-order valence-electron chi connectivity index (χ2n) is 16.5. The summed E-state index contributed by atoms with van der Waals surface area (Å²) in [5, 5.41) is 7.74. The van der Waals surface area contributed by atoms with E-state index < -0.39 is 8.07 Å². The number of rotatable bonds is 8. The van der Waals surface area contributed by atoms with Crippen molar-refractivity contribution < 1.29 is 4.42 Å². The highest BCUT2D eigenvalue weighted by Crippen LogP contribution is 2.42. The molecule has 0 saturated heterocycles. The number of nitrogens with zero attached hydrogens (tertiary/aromatic N) is 2. The van der Waals surface area contributed by atoms with Crippen LogP contribution in [0.2, 0.25) is 0 Å². The van der Waals surface area contributed by atoms with Gasteiger partial charge in [0, 0.05) is 51.0 Å². The molecule has 64 heavy (non-hydrogen) atoms. The van der Waals surface area contributed by atoms with Gasteiger partial charge in [-0.05, 0) is 110 Å². The lowest BCUT2D eigenvalue weighted by Crippen LogP contribution is -2.77. The van der Waals surface area contributed by atoms with Crippen molar-refractivity contribution in [2.24, 2.45) is 0 Å². The van der Waals surface area contributed by atoms with Crippen molar-refractivity contribution in [1.82, 2.24) is 0 Å². The Morgan fingerprint density at radius 3 is 1.48 bits per heavy atom. The maximum Gasteiger partial charge on any atom is 0.184 e. The van der Waals surface area contributed by atoms with Gasteiger partial charge in [-0.15, -0.1) is 0 Å². The van der Waals surface area contributed by atoms with Crippen molar-refractivity contribution in [3.63, 3.8) is 0 Å². The number of para-hydroxylation sites is 3. The van der Waals surface area contributed by atoms with Crippen molar-refractivity contribution in [3.8, 4) is 22.3 Å². The fourth-order valence-corrected chi connectivity index (χ4v) is 15.1. The van der Waals surface area contributed by atoms with Crippen molar-refractivity contribution in [3.05, 3.63) is 255 Å². The van der Waals surface area contributed by atoms with Gasteiger partial charge in [0.2, 0.25) is 0 Å². The second kappa shape index (κ2) is 15.6. The monoisotopic (exact) mass is 834 g/mol. The van der Waals surface area contributed by atoms with Crippen LogP contribution in [-0.4, -0.2) is 8.07 Å². The summed E-state index contributed by atoms with van der Waals surface area (Å²) in [4.78, 5) is 4.81. The second-order valence-corrected chi connectivity index (χ2v) is 20.2. The Hall–Kier alpha value is -8.18. The molecule has 12 rings (SSSR count). The maximum absolute atomic E-state index is 6.42. The van der Waals surface area contributed by atoms with Crippen LogP contribution in [0.15, 0.2) is 259 Å². The molecule has 0 radical (unpaired) electrons. The van der Waals surface area contributed by atoms with Gasteiger partial charge < -0.3 is 14.2 Å². The molecule has 2 heterocycles. The van der Waals surface area contributed by atoms with E-state index in [1.807, 2.05) is 12.1 Å². The molecule has 1 aliphatic heterocycles. The van der Waals surface area contributed by atoms with Gasteiger partial charge >= 0.3 is 0 Å². The Labute approximate surface area is 374 Å². The molecule has 11 aromatic rings. The van der Waals surface area contributed by atoms with E-state index in [1.165, 1.54) is 43.2 Å². The number of hydrogen-bond donors (Lipinski definition) is 0. The molecule has 0 atom stereocenters. The number of furan rings is 1. The molecule has 3 nitrogen and oxygen atoms in total. The van der Waals surface area contributed by atoms with E-state index >= 15 is 0 Å². The smallest absolute Gasteiger partial charge is 0.184 e. The van der Waals surface area contributed by atoms with Crippen LogP contribution in [0.4, 0.5) is 34.1 Å². The van der Waals surface area contributed by atoms with Gasteiger partial charge in [-0.1, -0.05) is 182 Å². The summed E-state index contributed by atoms with van der Waals surface area (Å²) in [6.45, 7) is 0. The molecule has 0 N–H and O–H groups in total. The van der Waals surface area contributed by atoms with E-state index in [4.69, 9.17) is 4.42 Å². The minimum atomic E-state index is -2.79. The topological polar surface area (TPSA) is 19.6 Å². The number of fused-ring (bicyclic) bond motifs is 5. The molecular formula is C60H42N2OSi. The van der Waals surface area contributed by atoms with Crippen molar-refractivity contribution in [2.75, 3.05) is 9.80 Å². The minimum Gasteiger partial charge on any atom is -0.456 e. The van der Waals surface area contributed by atoms with Crippen molar-refractivity contribution >= 4 is 84.9 Å². The zero-order chi connectivity index (χ0) is 42.5. The van der Waals surface area contributed by atoms with Gasteiger partial charge in [-0.2, -0.15) is 0 Å². The summed E-state index contributed by atoms with van der Waals surface area (Å²) in [5.74, 6) is 0. The van der Waals surface area contributed by atoms with E-state index in [0.29, 0.717) is 0 Å². The normalized spacial score (nSPS) is 12.8. The first-order valence-electron chi connectivity index (χ1n) is 21.9. The van der Waals surface area contributed by atoms with E-state index in [9.17, 15) is 0 Å². The molecule has 0 spiro atoms.